The summed E-state index contributed by atoms with van der Waals surface area (Å²) in [5.74, 6) is -2.70. The fourth-order valence-electron chi connectivity index (χ4n) is 2.81. The summed E-state index contributed by atoms with van der Waals surface area (Å²) in [4.78, 5) is 12.1. The summed E-state index contributed by atoms with van der Waals surface area (Å²) in [5, 5.41) is 11.5. The predicted molar refractivity (Wildman–Crippen MR) is 72.0 cm³/mol. The number of alkyl halides is 3. The Morgan fingerprint density at radius 1 is 1.14 bits per heavy atom. The van der Waals surface area contributed by atoms with Crippen molar-refractivity contribution in [3.8, 4) is 0 Å². The van der Waals surface area contributed by atoms with Crippen LogP contribution in [0.1, 0.15) is 49.5 Å². The maximum Gasteiger partial charge on any atom is 0.392 e. The van der Waals surface area contributed by atoms with Crippen LogP contribution in [-0.2, 0) is 4.79 Å². The van der Waals surface area contributed by atoms with Crippen LogP contribution in [0.4, 0.5) is 18.3 Å². The highest BCUT2D eigenvalue weighted by Crippen LogP contribution is 2.43. The lowest BCUT2D eigenvalue weighted by atomic mass is 9.78. The van der Waals surface area contributed by atoms with E-state index < -0.39 is 23.9 Å². The molecule has 3 rings (SSSR count). The average Bonchev–Trinajstić information content (AvgIpc) is 3.19. The number of rotatable bonds is 3. The Hall–Kier alpha value is -1.18. The van der Waals surface area contributed by atoms with E-state index in [1.807, 2.05) is 0 Å². The first-order chi connectivity index (χ1) is 9.95. The minimum absolute atomic E-state index is 0.0328. The molecule has 2 fully saturated rings. The zero-order chi connectivity index (χ0) is 15.0. The van der Waals surface area contributed by atoms with Gasteiger partial charge in [0.25, 0.3) is 0 Å². The van der Waals surface area contributed by atoms with Crippen molar-refractivity contribution < 1.29 is 18.0 Å². The molecular formula is C13H16F3N3OS. The van der Waals surface area contributed by atoms with Gasteiger partial charge in [-0.25, -0.2) is 0 Å². The van der Waals surface area contributed by atoms with Gasteiger partial charge in [0, 0.05) is 11.8 Å². The number of anilines is 1. The smallest absolute Gasteiger partial charge is 0.300 e. The molecule has 0 unspecified atom stereocenters. The molecule has 1 aromatic rings. The number of carbonyl (C=O) groups is 1. The summed E-state index contributed by atoms with van der Waals surface area (Å²) in [7, 11) is 0. The van der Waals surface area contributed by atoms with Crippen molar-refractivity contribution in [2.24, 2.45) is 11.8 Å². The first-order valence-corrected chi connectivity index (χ1v) is 7.98. The van der Waals surface area contributed by atoms with Gasteiger partial charge in [-0.05, 0) is 25.7 Å². The van der Waals surface area contributed by atoms with E-state index in [9.17, 15) is 18.0 Å². The molecule has 1 amide bonds. The lowest BCUT2D eigenvalue weighted by Gasteiger charge is -2.31. The van der Waals surface area contributed by atoms with Crippen molar-refractivity contribution in [1.29, 1.82) is 0 Å². The number of nitrogens with one attached hydrogen (secondary N) is 1. The summed E-state index contributed by atoms with van der Waals surface area (Å²) in [6.45, 7) is 0. The molecule has 1 aromatic heterocycles. The highest BCUT2D eigenvalue weighted by atomic mass is 32.1. The van der Waals surface area contributed by atoms with Gasteiger partial charge in [0.05, 0.1) is 5.92 Å². The van der Waals surface area contributed by atoms with Crippen molar-refractivity contribution >= 4 is 22.4 Å². The first kappa shape index (κ1) is 14.7. The number of carbonyl (C=O) groups excluding carboxylic acids is 1. The van der Waals surface area contributed by atoms with Gasteiger partial charge in [0.15, 0.2) is 0 Å². The van der Waals surface area contributed by atoms with Crippen LogP contribution in [0.2, 0.25) is 0 Å². The molecule has 2 saturated carbocycles. The monoisotopic (exact) mass is 319 g/mol. The molecule has 1 heterocycles. The average molecular weight is 319 g/mol. The Morgan fingerprint density at radius 2 is 1.86 bits per heavy atom. The van der Waals surface area contributed by atoms with E-state index in [4.69, 9.17) is 0 Å². The number of hydrogen-bond acceptors (Lipinski definition) is 4. The van der Waals surface area contributed by atoms with E-state index in [2.05, 4.69) is 15.5 Å². The third kappa shape index (κ3) is 3.36. The standard InChI is InChI=1S/C13H16F3N3OS/c14-13(15,16)9-4-2-1-3-8(9)10(20)17-12-19-18-11(21-12)7-5-6-7/h7-9H,1-6H2,(H,17,19,20)/t8-,9-/m0/s1. The third-order valence-electron chi connectivity index (χ3n) is 4.12. The Bertz CT molecular complexity index is 527. The molecule has 8 heteroatoms. The zero-order valence-corrected chi connectivity index (χ0v) is 12.1. The molecule has 0 aromatic carbocycles. The molecule has 0 spiro atoms. The van der Waals surface area contributed by atoms with Crippen molar-refractivity contribution in [2.75, 3.05) is 5.32 Å². The van der Waals surface area contributed by atoms with Crippen LogP contribution in [0, 0.1) is 11.8 Å². The normalized spacial score (nSPS) is 26.6. The van der Waals surface area contributed by atoms with Gasteiger partial charge in [-0.15, -0.1) is 10.2 Å². The summed E-state index contributed by atoms with van der Waals surface area (Å²) >= 11 is 1.27. The highest BCUT2D eigenvalue weighted by Gasteiger charge is 2.48. The van der Waals surface area contributed by atoms with E-state index in [0.717, 1.165) is 17.8 Å². The maximum absolute atomic E-state index is 13.0. The van der Waals surface area contributed by atoms with Crippen LogP contribution in [0.15, 0.2) is 0 Å². The molecule has 0 radical (unpaired) electrons. The van der Waals surface area contributed by atoms with Crippen molar-refractivity contribution in [3.63, 3.8) is 0 Å². The van der Waals surface area contributed by atoms with Crippen LogP contribution < -0.4 is 5.32 Å². The summed E-state index contributed by atoms with van der Waals surface area (Å²) in [6.07, 6.45) is -0.673. The number of hydrogen-bond donors (Lipinski definition) is 1. The number of amides is 1. The van der Waals surface area contributed by atoms with E-state index in [1.165, 1.54) is 11.3 Å². The fraction of sp³-hybridized carbons (Fsp3) is 0.769. The van der Waals surface area contributed by atoms with Crippen molar-refractivity contribution in [2.45, 2.75) is 50.6 Å². The second kappa shape index (κ2) is 5.55. The second-order valence-corrected chi connectivity index (χ2v) is 6.76. The van der Waals surface area contributed by atoms with E-state index >= 15 is 0 Å². The van der Waals surface area contributed by atoms with Gasteiger partial charge in [0.1, 0.15) is 5.01 Å². The Balaban J connectivity index is 1.67. The van der Waals surface area contributed by atoms with E-state index in [-0.39, 0.29) is 12.8 Å². The van der Waals surface area contributed by atoms with Crippen LogP contribution in [-0.4, -0.2) is 22.3 Å². The molecule has 0 saturated heterocycles. The number of halogens is 3. The highest BCUT2D eigenvalue weighted by molar-refractivity contribution is 7.15. The lowest BCUT2D eigenvalue weighted by Crippen LogP contribution is -2.39. The number of nitrogens with zero attached hydrogens (tertiary/aromatic N) is 2. The summed E-state index contributed by atoms with van der Waals surface area (Å²) in [6, 6.07) is 0. The summed E-state index contributed by atoms with van der Waals surface area (Å²) in [5.41, 5.74) is 0. The van der Waals surface area contributed by atoms with Gasteiger partial charge in [-0.1, -0.05) is 24.2 Å². The van der Waals surface area contributed by atoms with Gasteiger partial charge >= 0.3 is 6.18 Å². The van der Waals surface area contributed by atoms with Gasteiger partial charge in [0.2, 0.25) is 11.0 Å². The molecule has 116 valence electrons. The van der Waals surface area contributed by atoms with Crippen LogP contribution in [0.5, 0.6) is 0 Å². The molecular weight excluding hydrogens is 303 g/mol. The van der Waals surface area contributed by atoms with Crippen molar-refractivity contribution in [3.05, 3.63) is 5.01 Å². The molecule has 0 bridgehead atoms. The largest absolute Gasteiger partial charge is 0.392 e. The Morgan fingerprint density at radius 3 is 2.52 bits per heavy atom. The molecule has 2 aliphatic carbocycles. The zero-order valence-electron chi connectivity index (χ0n) is 11.3. The Kier molecular flexibility index (Phi) is 3.90. The molecule has 4 nitrogen and oxygen atoms in total. The fourth-order valence-corrected chi connectivity index (χ4v) is 3.73. The van der Waals surface area contributed by atoms with Gasteiger partial charge in [-0.2, -0.15) is 13.2 Å². The van der Waals surface area contributed by atoms with Crippen LogP contribution >= 0.6 is 11.3 Å². The van der Waals surface area contributed by atoms with Crippen LogP contribution in [0.3, 0.4) is 0 Å². The van der Waals surface area contributed by atoms with Gasteiger partial charge < -0.3 is 5.32 Å². The molecule has 1 N–H and O–H groups in total. The minimum Gasteiger partial charge on any atom is -0.300 e. The lowest BCUT2D eigenvalue weighted by molar-refractivity contribution is -0.197. The summed E-state index contributed by atoms with van der Waals surface area (Å²) < 4.78 is 39.0. The minimum atomic E-state index is -4.32. The second-order valence-electron chi connectivity index (χ2n) is 5.75. The molecule has 0 aliphatic heterocycles. The third-order valence-corrected chi connectivity index (χ3v) is 5.12. The van der Waals surface area contributed by atoms with Gasteiger partial charge in [-0.3, -0.25) is 4.79 Å². The molecule has 21 heavy (non-hydrogen) atoms. The Labute approximate surface area is 124 Å². The van der Waals surface area contributed by atoms with Crippen LogP contribution in [0.25, 0.3) is 0 Å². The quantitative estimate of drug-likeness (QED) is 0.924. The molecule has 2 aliphatic rings. The van der Waals surface area contributed by atoms with E-state index in [1.54, 1.807) is 0 Å². The van der Waals surface area contributed by atoms with Crippen molar-refractivity contribution in [1.82, 2.24) is 10.2 Å². The first-order valence-electron chi connectivity index (χ1n) is 7.16. The predicted octanol–water partition coefficient (Wildman–Crippen LogP) is 3.72. The molecule has 2 atom stereocenters. The van der Waals surface area contributed by atoms with E-state index in [0.29, 0.717) is 23.9 Å². The maximum atomic E-state index is 13.0. The SMILES string of the molecule is O=C(Nc1nnc(C2CC2)s1)[C@H]1CCCC[C@@H]1C(F)(F)F. The topological polar surface area (TPSA) is 54.9 Å². The number of aromatic nitrogens is 2.